The molecule has 1 N–H and O–H groups in total. The molecule has 0 radical (unpaired) electrons. The second-order valence-corrected chi connectivity index (χ2v) is 5.08. The van der Waals surface area contributed by atoms with Gasteiger partial charge in [-0.3, -0.25) is 0 Å². The number of hydrogen-bond acceptors (Lipinski definition) is 4. The van der Waals surface area contributed by atoms with Crippen LogP contribution < -0.4 is 5.32 Å². The van der Waals surface area contributed by atoms with Gasteiger partial charge in [-0.15, -0.1) is 5.10 Å². The number of pyridine rings is 1. The fourth-order valence-corrected chi connectivity index (χ4v) is 2.01. The van der Waals surface area contributed by atoms with Crippen molar-refractivity contribution in [3.63, 3.8) is 0 Å². The molecule has 0 aliphatic heterocycles. The molecule has 2 heterocycles. The molecule has 0 spiro atoms. The van der Waals surface area contributed by atoms with Gasteiger partial charge in [0.15, 0.2) is 11.6 Å². The monoisotopic (exact) mass is 273 g/mol. The van der Waals surface area contributed by atoms with Crippen LogP contribution in [0.25, 0.3) is 5.82 Å². The van der Waals surface area contributed by atoms with Gasteiger partial charge in [0.05, 0.1) is 0 Å². The highest BCUT2D eigenvalue weighted by molar-refractivity contribution is 5.33. The van der Waals surface area contributed by atoms with Crippen molar-refractivity contribution in [2.45, 2.75) is 53.1 Å². The van der Waals surface area contributed by atoms with Crippen LogP contribution in [-0.2, 0) is 19.4 Å². The average Bonchev–Trinajstić information content (AvgIpc) is 2.88. The predicted molar refractivity (Wildman–Crippen MR) is 79.9 cm³/mol. The van der Waals surface area contributed by atoms with Gasteiger partial charge in [-0.1, -0.05) is 33.8 Å². The molecule has 2 rings (SSSR count). The van der Waals surface area contributed by atoms with Crippen molar-refractivity contribution < 1.29 is 0 Å². The fraction of sp³-hybridized carbons (Fsp3) is 0.533. The lowest BCUT2D eigenvalue weighted by Crippen LogP contribution is -2.23. The Bertz CT molecular complexity index is 559. The van der Waals surface area contributed by atoms with Crippen LogP contribution in [0, 0.1) is 0 Å². The van der Waals surface area contributed by atoms with Gasteiger partial charge < -0.3 is 5.32 Å². The molecule has 0 saturated carbocycles. The molecule has 0 atom stereocenters. The molecule has 5 nitrogen and oxygen atoms in total. The Morgan fingerprint density at radius 3 is 2.70 bits per heavy atom. The van der Waals surface area contributed by atoms with Gasteiger partial charge in [-0.05, 0) is 6.07 Å². The van der Waals surface area contributed by atoms with Crippen molar-refractivity contribution in [2.24, 2.45) is 0 Å². The molecule has 0 amide bonds. The minimum Gasteiger partial charge on any atom is -0.310 e. The van der Waals surface area contributed by atoms with Gasteiger partial charge >= 0.3 is 0 Å². The van der Waals surface area contributed by atoms with Gasteiger partial charge in [-0.25, -0.2) is 9.97 Å². The van der Waals surface area contributed by atoms with E-state index in [0.717, 1.165) is 42.4 Å². The lowest BCUT2D eigenvalue weighted by molar-refractivity contribution is 0.584. The lowest BCUT2D eigenvalue weighted by atomic mass is 10.2. The molecular weight excluding hydrogens is 250 g/mol. The first-order valence-electron chi connectivity index (χ1n) is 7.28. The third-order valence-electron chi connectivity index (χ3n) is 3.12. The van der Waals surface area contributed by atoms with Gasteiger partial charge in [0.2, 0.25) is 0 Å². The molecule has 0 aliphatic rings. The second kappa shape index (κ2) is 6.61. The molecule has 0 fully saturated rings. The van der Waals surface area contributed by atoms with E-state index in [-0.39, 0.29) is 0 Å². The minimum absolute atomic E-state index is 0.440. The van der Waals surface area contributed by atoms with E-state index < -0.39 is 0 Å². The summed E-state index contributed by atoms with van der Waals surface area (Å²) in [5, 5.41) is 8.00. The molecule has 0 saturated heterocycles. The van der Waals surface area contributed by atoms with E-state index in [9.17, 15) is 0 Å². The van der Waals surface area contributed by atoms with Crippen molar-refractivity contribution in [1.29, 1.82) is 0 Å². The molecule has 2 aromatic rings. The van der Waals surface area contributed by atoms with E-state index in [1.165, 1.54) is 0 Å². The van der Waals surface area contributed by atoms with Crippen molar-refractivity contribution in [1.82, 2.24) is 25.1 Å². The molecule has 108 valence electrons. The van der Waals surface area contributed by atoms with Crippen LogP contribution >= 0.6 is 0 Å². The Morgan fingerprint density at radius 1 is 1.25 bits per heavy atom. The Balaban J connectivity index is 2.38. The van der Waals surface area contributed by atoms with Gasteiger partial charge in [0.1, 0.15) is 5.82 Å². The summed E-state index contributed by atoms with van der Waals surface area (Å²) in [4.78, 5) is 9.05. The van der Waals surface area contributed by atoms with Crippen LogP contribution in [0.1, 0.15) is 44.9 Å². The maximum Gasteiger partial charge on any atom is 0.159 e. The number of aryl methyl sites for hydroxylation is 2. The summed E-state index contributed by atoms with van der Waals surface area (Å²) in [6.07, 6.45) is 3.49. The number of aromatic nitrogens is 4. The second-order valence-electron chi connectivity index (χ2n) is 5.08. The molecule has 20 heavy (non-hydrogen) atoms. The molecule has 0 unspecified atom stereocenters. The van der Waals surface area contributed by atoms with Crippen LogP contribution in [-0.4, -0.2) is 25.8 Å². The predicted octanol–water partition coefficient (Wildman–Crippen LogP) is 2.29. The normalized spacial score (nSPS) is 11.2. The van der Waals surface area contributed by atoms with E-state index in [2.05, 4.69) is 54.1 Å². The largest absolute Gasteiger partial charge is 0.310 e. The molecule has 5 heteroatoms. The van der Waals surface area contributed by atoms with Crippen LogP contribution in [0.3, 0.4) is 0 Å². The molecular formula is C15H23N5. The number of nitrogens with zero attached hydrogens (tertiary/aromatic N) is 4. The van der Waals surface area contributed by atoms with E-state index in [1.807, 2.05) is 10.7 Å². The Hall–Kier alpha value is -1.75. The van der Waals surface area contributed by atoms with Gasteiger partial charge in [0.25, 0.3) is 0 Å². The first kappa shape index (κ1) is 14.7. The Labute approximate surface area is 120 Å². The third kappa shape index (κ3) is 3.22. The Kier molecular flexibility index (Phi) is 4.84. The van der Waals surface area contributed by atoms with E-state index in [4.69, 9.17) is 0 Å². The molecule has 2 aromatic heterocycles. The summed E-state index contributed by atoms with van der Waals surface area (Å²) >= 11 is 0. The topological polar surface area (TPSA) is 55.6 Å². The van der Waals surface area contributed by atoms with Crippen molar-refractivity contribution in [2.75, 3.05) is 0 Å². The highest BCUT2D eigenvalue weighted by Gasteiger charge is 2.13. The SMILES string of the molecule is CCc1nc(CC)n(-c2ncccc2CNC(C)C)n1. The lowest BCUT2D eigenvalue weighted by Gasteiger charge is -2.12. The average molecular weight is 273 g/mol. The van der Waals surface area contributed by atoms with E-state index in [0.29, 0.717) is 6.04 Å². The molecule has 0 aromatic carbocycles. The van der Waals surface area contributed by atoms with Crippen molar-refractivity contribution in [3.05, 3.63) is 35.5 Å². The van der Waals surface area contributed by atoms with Crippen molar-refractivity contribution >= 4 is 0 Å². The summed E-state index contributed by atoms with van der Waals surface area (Å²) in [7, 11) is 0. The van der Waals surface area contributed by atoms with Gasteiger partial charge in [0, 0.05) is 37.2 Å². The molecule has 0 bridgehead atoms. The quantitative estimate of drug-likeness (QED) is 0.877. The summed E-state index contributed by atoms with van der Waals surface area (Å²) in [6, 6.07) is 4.49. The summed E-state index contributed by atoms with van der Waals surface area (Å²) in [5.41, 5.74) is 1.14. The zero-order chi connectivity index (χ0) is 14.5. The number of rotatable bonds is 6. The van der Waals surface area contributed by atoms with Crippen LogP contribution in [0.15, 0.2) is 18.3 Å². The van der Waals surface area contributed by atoms with Crippen molar-refractivity contribution in [3.8, 4) is 5.82 Å². The fourth-order valence-electron chi connectivity index (χ4n) is 2.01. The minimum atomic E-state index is 0.440. The summed E-state index contributed by atoms with van der Waals surface area (Å²) in [5.74, 6) is 2.71. The maximum atomic E-state index is 4.57. The van der Waals surface area contributed by atoms with Crippen LogP contribution in [0.2, 0.25) is 0 Å². The first-order valence-corrected chi connectivity index (χ1v) is 7.28. The van der Waals surface area contributed by atoms with E-state index in [1.54, 1.807) is 6.20 Å². The zero-order valence-electron chi connectivity index (χ0n) is 12.7. The molecule has 0 aliphatic carbocycles. The first-order chi connectivity index (χ1) is 9.65. The van der Waals surface area contributed by atoms with E-state index >= 15 is 0 Å². The zero-order valence-corrected chi connectivity index (χ0v) is 12.7. The highest BCUT2D eigenvalue weighted by Crippen LogP contribution is 2.14. The standard InChI is InChI=1S/C15H23N5/c1-5-13-18-14(6-2)20(19-13)15-12(8-7-9-16-15)10-17-11(3)4/h7-9,11,17H,5-6,10H2,1-4H3. The Morgan fingerprint density at radius 2 is 2.05 bits per heavy atom. The highest BCUT2D eigenvalue weighted by atomic mass is 15.4. The van der Waals surface area contributed by atoms with Gasteiger partial charge in [-0.2, -0.15) is 4.68 Å². The van der Waals surface area contributed by atoms with Crippen LogP contribution in [0.5, 0.6) is 0 Å². The number of nitrogens with one attached hydrogen (secondary N) is 1. The summed E-state index contributed by atoms with van der Waals surface area (Å²) in [6.45, 7) is 9.22. The smallest absolute Gasteiger partial charge is 0.159 e. The maximum absolute atomic E-state index is 4.57. The van der Waals surface area contributed by atoms with Crippen LogP contribution in [0.4, 0.5) is 0 Å². The third-order valence-corrected chi connectivity index (χ3v) is 3.12. The number of hydrogen-bond donors (Lipinski definition) is 1. The summed E-state index contributed by atoms with van der Waals surface area (Å²) < 4.78 is 1.89.